The number of carbonyl (C=O) groups excluding carboxylic acids is 1. The maximum atomic E-state index is 11.1. The van der Waals surface area contributed by atoms with Gasteiger partial charge in [0.1, 0.15) is 5.75 Å². The molecule has 1 aromatic rings. The van der Waals surface area contributed by atoms with Crippen LogP contribution in [0.3, 0.4) is 0 Å². The first kappa shape index (κ1) is 13.4. The zero-order valence-corrected chi connectivity index (χ0v) is 10.8. The predicted molar refractivity (Wildman–Crippen MR) is 67.6 cm³/mol. The van der Waals surface area contributed by atoms with Crippen LogP contribution in [-0.2, 0) is 9.53 Å². The zero-order chi connectivity index (χ0) is 12.8. The van der Waals surface area contributed by atoms with Crippen molar-refractivity contribution in [2.24, 2.45) is 0 Å². The van der Waals surface area contributed by atoms with Crippen LogP contribution in [0.15, 0.2) is 18.2 Å². The molecular weight excluding hydrogens is 218 g/mol. The van der Waals surface area contributed by atoms with E-state index in [2.05, 4.69) is 4.74 Å². The van der Waals surface area contributed by atoms with Crippen molar-refractivity contribution < 1.29 is 14.3 Å². The molecular formula is C13H19NO3. The Hall–Kier alpha value is -1.71. The van der Waals surface area contributed by atoms with Crippen molar-refractivity contribution in [2.45, 2.75) is 13.3 Å². The third-order valence-electron chi connectivity index (χ3n) is 2.62. The Labute approximate surface area is 102 Å². The van der Waals surface area contributed by atoms with Gasteiger partial charge in [0.2, 0.25) is 0 Å². The summed E-state index contributed by atoms with van der Waals surface area (Å²) in [7, 11) is 4.97. The number of nitrogens with zero attached hydrogens (tertiary/aromatic N) is 1. The fourth-order valence-corrected chi connectivity index (χ4v) is 1.58. The highest BCUT2D eigenvalue weighted by molar-refractivity contribution is 5.70. The van der Waals surface area contributed by atoms with Crippen molar-refractivity contribution in [3.8, 4) is 5.75 Å². The largest absolute Gasteiger partial charge is 0.495 e. The molecule has 0 heterocycles. The van der Waals surface area contributed by atoms with Crippen LogP contribution in [0.4, 0.5) is 5.69 Å². The zero-order valence-electron chi connectivity index (χ0n) is 10.8. The lowest BCUT2D eigenvalue weighted by Gasteiger charge is -2.21. The van der Waals surface area contributed by atoms with Crippen molar-refractivity contribution in [2.75, 3.05) is 32.7 Å². The van der Waals surface area contributed by atoms with Gasteiger partial charge in [-0.2, -0.15) is 0 Å². The van der Waals surface area contributed by atoms with E-state index in [1.807, 2.05) is 37.1 Å². The van der Waals surface area contributed by atoms with Gasteiger partial charge in [-0.15, -0.1) is 0 Å². The summed E-state index contributed by atoms with van der Waals surface area (Å²) < 4.78 is 9.92. The molecule has 0 saturated carbocycles. The summed E-state index contributed by atoms with van der Waals surface area (Å²) >= 11 is 0. The molecule has 0 aromatic heterocycles. The monoisotopic (exact) mass is 237 g/mol. The highest BCUT2D eigenvalue weighted by Crippen LogP contribution is 2.28. The third kappa shape index (κ3) is 3.66. The van der Waals surface area contributed by atoms with Crippen molar-refractivity contribution in [1.82, 2.24) is 0 Å². The molecule has 0 spiro atoms. The van der Waals surface area contributed by atoms with Crippen molar-refractivity contribution in [3.05, 3.63) is 23.8 Å². The first-order valence-corrected chi connectivity index (χ1v) is 5.51. The van der Waals surface area contributed by atoms with E-state index in [-0.39, 0.29) is 5.97 Å². The predicted octanol–water partition coefficient (Wildman–Crippen LogP) is 2.00. The summed E-state index contributed by atoms with van der Waals surface area (Å²) in [4.78, 5) is 13.1. The molecule has 0 radical (unpaired) electrons. The number of methoxy groups -OCH3 is 2. The second-order valence-corrected chi connectivity index (χ2v) is 3.92. The van der Waals surface area contributed by atoms with Crippen LogP contribution in [-0.4, -0.2) is 33.8 Å². The molecule has 0 fully saturated rings. The molecule has 0 aliphatic rings. The van der Waals surface area contributed by atoms with Gasteiger partial charge in [-0.05, 0) is 24.6 Å². The van der Waals surface area contributed by atoms with Crippen molar-refractivity contribution >= 4 is 11.7 Å². The van der Waals surface area contributed by atoms with Crippen LogP contribution < -0.4 is 9.64 Å². The highest BCUT2D eigenvalue weighted by Gasteiger charge is 2.10. The molecule has 0 bridgehead atoms. The summed E-state index contributed by atoms with van der Waals surface area (Å²) in [6.45, 7) is 2.63. The molecule has 0 unspecified atom stereocenters. The molecule has 0 N–H and O–H groups in total. The second-order valence-electron chi connectivity index (χ2n) is 3.92. The minimum Gasteiger partial charge on any atom is -0.495 e. The van der Waals surface area contributed by atoms with E-state index in [4.69, 9.17) is 4.74 Å². The molecule has 94 valence electrons. The van der Waals surface area contributed by atoms with Gasteiger partial charge in [0.05, 0.1) is 26.3 Å². The highest BCUT2D eigenvalue weighted by atomic mass is 16.5. The summed E-state index contributed by atoms with van der Waals surface area (Å²) in [6, 6.07) is 5.96. The summed E-state index contributed by atoms with van der Waals surface area (Å²) in [5, 5.41) is 0. The number of ether oxygens (including phenoxy) is 2. The van der Waals surface area contributed by atoms with Crippen LogP contribution in [0.2, 0.25) is 0 Å². The lowest BCUT2D eigenvalue weighted by atomic mass is 10.2. The Morgan fingerprint density at radius 3 is 2.65 bits per heavy atom. The van der Waals surface area contributed by atoms with Crippen molar-refractivity contribution in [1.29, 1.82) is 0 Å². The van der Waals surface area contributed by atoms with Gasteiger partial charge in [0, 0.05) is 13.6 Å². The molecule has 4 heteroatoms. The quantitative estimate of drug-likeness (QED) is 0.734. The average Bonchev–Trinajstić information content (AvgIpc) is 2.35. The Morgan fingerprint density at radius 2 is 2.06 bits per heavy atom. The molecule has 0 atom stereocenters. The third-order valence-corrected chi connectivity index (χ3v) is 2.62. The van der Waals surface area contributed by atoms with Gasteiger partial charge in [0.15, 0.2) is 0 Å². The maximum absolute atomic E-state index is 11.1. The van der Waals surface area contributed by atoms with Gasteiger partial charge in [-0.3, -0.25) is 4.79 Å². The topological polar surface area (TPSA) is 38.8 Å². The molecule has 0 saturated heterocycles. The molecule has 1 aromatic carbocycles. The van der Waals surface area contributed by atoms with E-state index in [0.29, 0.717) is 13.0 Å². The number of anilines is 1. The van der Waals surface area contributed by atoms with Gasteiger partial charge in [-0.1, -0.05) is 6.07 Å². The second kappa shape index (κ2) is 6.13. The average molecular weight is 237 g/mol. The number of hydrogen-bond donors (Lipinski definition) is 0. The van der Waals surface area contributed by atoms with E-state index in [9.17, 15) is 4.79 Å². The lowest BCUT2D eigenvalue weighted by molar-refractivity contribution is -0.140. The first-order chi connectivity index (χ1) is 8.08. The van der Waals surface area contributed by atoms with E-state index < -0.39 is 0 Å². The summed E-state index contributed by atoms with van der Waals surface area (Å²) in [5.41, 5.74) is 2.14. The van der Waals surface area contributed by atoms with Gasteiger partial charge >= 0.3 is 5.97 Å². The van der Waals surface area contributed by atoms with Crippen LogP contribution in [0.5, 0.6) is 5.75 Å². The van der Waals surface area contributed by atoms with Crippen LogP contribution in [0, 0.1) is 6.92 Å². The smallest absolute Gasteiger partial charge is 0.307 e. The molecule has 4 nitrogen and oxygen atoms in total. The van der Waals surface area contributed by atoms with Gasteiger partial charge in [-0.25, -0.2) is 0 Å². The van der Waals surface area contributed by atoms with E-state index in [0.717, 1.165) is 17.0 Å². The molecule has 17 heavy (non-hydrogen) atoms. The minimum atomic E-state index is -0.205. The molecule has 0 aliphatic carbocycles. The number of carbonyl (C=O) groups is 1. The Morgan fingerprint density at radius 1 is 1.35 bits per heavy atom. The molecule has 0 aliphatic heterocycles. The van der Waals surface area contributed by atoms with E-state index in [1.165, 1.54) is 7.11 Å². The van der Waals surface area contributed by atoms with E-state index in [1.54, 1.807) is 7.11 Å². The number of aryl methyl sites for hydroxylation is 1. The Kier molecular flexibility index (Phi) is 4.82. The van der Waals surface area contributed by atoms with Gasteiger partial charge < -0.3 is 14.4 Å². The minimum absolute atomic E-state index is 0.205. The summed E-state index contributed by atoms with van der Waals surface area (Å²) in [5.74, 6) is 0.603. The summed E-state index contributed by atoms with van der Waals surface area (Å²) in [6.07, 6.45) is 0.365. The maximum Gasteiger partial charge on any atom is 0.307 e. The normalized spacial score (nSPS) is 9.88. The lowest BCUT2D eigenvalue weighted by Crippen LogP contribution is -2.22. The Balaban J connectivity index is 2.76. The van der Waals surface area contributed by atoms with Crippen LogP contribution in [0.1, 0.15) is 12.0 Å². The van der Waals surface area contributed by atoms with Gasteiger partial charge in [0.25, 0.3) is 0 Å². The van der Waals surface area contributed by atoms with Crippen molar-refractivity contribution in [3.63, 3.8) is 0 Å². The van der Waals surface area contributed by atoms with Crippen LogP contribution >= 0.6 is 0 Å². The number of hydrogen-bond acceptors (Lipinski definition) is 4. The molecule has 1 rings (SSSR count). The fraction of sp³-hybridized carbons (Fsp3) is 0.462. The standard InChI is InChI=1S/C13H19NO3/c1-10-5-6-12(16-3)11(9-10)14(2)8-7-13(15)17-4/h5-6,9H,7-8H2,1-4H3. The van der Waals surface area contributed by atoms with E-state index >= 15 is 0 Å². The number of rotatable bonds is 5. The SMILES string of the molecule is COC(=O)CCN(C)c1cc(C)ccc1OC. The Bertz CT molecular complexity index is 390. The number of esters is 1. The fourth-order valence-electron chi connectivity index (χ4n) is 1.58. The van der Waals surface area contributed by atoms with Crippen LogP contribution in [0.25, 0.3) is 0 Å². The molecule has 0 amide bonds. The number of benzene rings is 1. The first-order valence-electron chi connectivity index (χ1n) is 5.51.